The van der Waals surface area contributed by atoms with Crippen LogP contribution in [0.1, 0.15) is 25.1 Å². The zero-order valence-electron chi connectivity index (χ0n) is 8.60. The van der Waals surface area contributed by atoms with Gasteiger partial charge in [-0.3, -0.25) is 16.0 Å². The lowest BCUT2D eigenvalue weighted by Crippen LogP contribution is -2.31. The Morgan fingerprint density at radius 2 is 2.50 bits per heavy atom. The summed E-state index contributed by atoms with van der Waals surface area (Å²) in [4.78, 5) is 0. The second-order valence-corrected chi connectivity index (χ2v) is 4.23. The van der Waals surface area contributed by atoms with Gasteiger partial charge in [-0.25, -0.2) is 0 Å². The monoisotopic (exact) mass is 215 g/mol. The van der Waals surface area contributed by atoms with Gasteiger partial charge in [0.25, 0.3) is 0 Å². The third-order valence-electron chi connectivity index (χ3n) is 1.94. The first-order valence-electron chi connectivity index (χ1n) is 4.68. The molecule has 0 bridgehead atoms. The van der Waals surface area contributed by atoms with Crippen LogP contribution in [0.2, 0.25) is 0 Å². The fourth-order valence-electron chi connectivity index (χ4n) is 1.18. The second kappa shape index (κ2) is 6.00. The molecule has 0 aromatic carbocycles. The highest BCUT2D eigenvalue weighted by Gasteiger charge is 2.13. The first-order chi connectivity index (χ1) is 6.79. The highest BCUT2D eigenvalue weighted by molar-refractivity contribution is 7.99. The topological polar surface area (TPSA) is 68.8 Å². The molecule has 1 aromatic rings. The number of aromatic nitrogens is 3. The van der Waals surface area contributed by atoms with Gasteiger partial charge in [0, 0.05) is 12.8 Å². The van der Waals surface area contributed by atoms with E-state index in [2.05, 4.69) is 22.7 Å². The second-order valence-electron chi connectivity index (χ2n) is 3.08. The summed E-state index contributed by atoms with van der Waals surface area (Å²) in [5.41, 5.74) is 3.81. The van der Waals surface area contributed by atoms with E-state index in [1.54, 1.807) is 10.9 Å². The van der Waals surface area contributed by atoms with E-state index in [4.69, 9.17) is 5.84 Å². The van der Waals surface area contributed by atoms with E-state index in [9.17, 15) is 0 Å². The minimum absolute atomic E-state index is 0.131. The zero-order chi connectivity index (χ0) is 10.4. The molecular formula is C8H17N5S. The Morgan fingerprint density at radius 1 is 1.71 bits per heavy atom. The van der Waals surface area contributed by atoms with Gasteiger partial charge in [-0.05, 0) is 12.2 Å². The molecule has 5 nitrogen and oxygen atoms in total. The van der Waals surface area contributed by atoms with E-state index < -0.39 is 0 Å². The Labute approximate surface area is 88.4 Å². The maximum Gasteiger partial charge on any atom is 0.0775 e. The Bertz CT molecular complexity index is 262. The van der Waals surface area contributed by atoms with Crippen LogP contribution in [0.25, 0.3) is 0 Å². The van der Waals surface area contributed by atoms with Crippen molar-refractivity contribution in [2.75, 3.05) is 11.5 Å². The molecule has 0 saturated carbocycles. The van der Waals surface area contributed by atoms with Gasteiger partial charge in [-0.15, -0.1) is 5.10 Å². The van der Waals surface area contributed by atoms with Crippen LogP contribution in [0.5, 0.6) is 0 Å². The Morgan fingerprint density at radius 3 is 3.00 bits per heavy atom. The molecule has 0 spiro atoms. The lowest BCUT2D eigenvalue weighted by atomic mass is 10.3. The minimum atomic E-state index is 0.131. The average molecular weight is 215 g/mol. The molecule has 0 aliphatic rings. The molecule has 14 heavy (non-hydrogen) atoms. The summed E-state index contributed by atoms with van der Waals surface area (Å²) in [5, 5.41) is 7.70. The predicted molar refractivity (Wildman–Crippen MR) is 58.7 cm³/mol. The van der Waals surface area contributed by atoms with Crippen molar-refractivity contribution in [2.24, 2.45) is 12.9 Å². The molecule has 1 atom stereocenters. The Balaban J connectivity index is 2.50. The molecule has 1 unspecified atom stereocenters. The number of aryl methyl sites for hydroxylation is 1. The molecule has 1 aromatic heterocycles. The first kappa shape index (κ1) is 11.5. The third kappa shape index (κ3) is 2.97. The van der Waals surface area contributed by atoms with Gasteiger partial charge in [-0.1, -0.05) is 12.1 Å². The van der Waals surface area contributed by atoms with Crippen molar-refractivity contribution in [1.29, 1.82) is 0 Å². The van der Waals surface area contributed by atoms with E-state index in [-0.39, 0.29) is 6.04 Å². The van der Waals surface area contributed by atoms with Gasteiger partial charge in [0.2, 0.25) is 0 Å². The minimum Gasteiger partial charge on any atom is -0.271 e. The molecule has 0 radical (unpaired) electrons. The maximum absolute atomic E-state index is 5.48. The summed E-state index contributed by atoms with van der Waals surface area (Å²) in [5.74, 6) is 7.59. The number of thioether (sulfide) groups is 1. The van der Waals surface area contributed by atoms with Crippen molar-refractivity contribution in [2.45, 2.75) is 19.4 Å². The average Bonchev–Trinajstić information content (AvgIpc) is 2.60. The summed E-state index contributed by atoms with van der Waals surface area (Å²) in [7, 11) is 1.87. The molecular weight excluding hydrogens is 198 g/mol. The number of rotatable bonds is 6. The number of nitrogens with one attached hydrogen (secondary N) is 1. The van der Waals surface area contributed by atoms with Crippen molar-refractivity contribution in [3.63, 3.8) is 0 Å². The Hall–Kier alpha value is -0.590. The molecule has 6 heteroatoms. The molecule has 1 rings (SSSR count). The van der Waals surface area contributed by atoms with Crippen LogP contribution in [0.15, 0.2) is 6.20 Å². The van der Waals surface area contributed by atoms with Crippen LogP contribution in [0.4, 0.5) is 0 Å². The predicted octanol–water partition coefficient (Wildman–Crippen LogP) is 0.463. The van der Waals surface area contributed by atoms with E-state index in [0.29, 0.717) is 0 Å². The van der Waals surface area contributed by atoms with Crippen molar-refractivity contribution in [3.05, 3.63) is 11.9 Å². The van der Waals surface area contributed by atoms with E-state index in [1.165, 1.54) is 6.42 Å². The van der Waals surface area contributed by atoms with Crippen LogP contribution >= 0.6 is 11.8 Å². The normalized spacial score (nSPS) is 13.1. The summed E-state index contributed by atoms with van der Waals surface area (Å²) in [6.07, 6.45) is 2.93. The third-order valence-corrected chi connectivity index (χ3v) is 3.21. The summed E-state index contributed by atoms with van der Waals surface area (Å²) < 4.78 is 1.75. The van der Waals surface area contributed by atoms with Crippen LogP contribution in [-0.2, 0) is 7.05 Å². The van der Waals surface area contributed by atoms with Crippen LogP contribution in [0, 0.1) is 0 Å². The largest absolute Gasteiger partial charge is 0.271 e. The SMILES string of the molecule is CCCSCC(NN)c1cnnn1C. The quantitative estimate of drug-likeness (QED) is 0.410. The lowest BCUT2D eigenvalue weighted by molar-refractivity contribution is 0.551. The molecule has 1 heterocycles. The zero-order valence-corrected chi connectivity index (χ0v) is 9.42. The molecule has 0 fully saturated rings. The van der Waals surface area contributed by atoms with Gasteiger partial charge >= 0.3 is 0 Å². The van der Waals surface area contributed by atoms with Gasteiger partial charge in [0.15, 0.2) is 0 Å². The number of nitrogens with two attached hydrogens (primary N) is 1. The lowest BCUT2D eigenvalue weighted by Gasteiger charge is -2.14. The summed E-state index contributed by atoms with van der Waals surface area (Å²) in [6, 6.07) is 0.131. The van der Waals surface area contributed by atoms with Crippen molar-refractivity contribution >= 4 is 11.8 Å². The molecule has 3 N–H and O–H groups in total. The standard InChI is InChI=1S/C8H17N5S/c1-3-4-14-6-7(11-9)8-5-10-12-13(8)2/h5,7,11H,3-4,6,9H2,1-2H3. The van der Waals surface area contributed by atoms with Crippen molar-refractivity contribution in [3.8, 4) is 0 Å². The smallest absolute Gasteiger partial charge is 0.0775 e. The van der Waals surface area contributed by atoms with Crippen molar-refractivity contribution in [1.82, 2.24) is 20.4 Å². The number of nitrogens with zero attached hydrogens (tertiary/aromatic N) is 3. The van der Waals surface area contributed by atoms with Crippen molar-refractivity contribution < 1.29 is 0 Å². The van der Waals surface area contributed by atoms with Gasteiger partial charge in [0.05, 0.1) is 17.9 Å². The molecule has 80 valence electrons. The number of hydrogen-bond acceptors (Lipinski definition) is 5. The van der Waals surface area contributed by atoms with Gasteiger partial charge in [0.1, 0.15) is 0 Å². The van der Waals surface area contributed by atoms with E-state index in [1.807, 2.05) is 18.8 Å². The van der Waals surface area contributed by atoms with Gasteiger partial charge < -0.3 is 0 Å². The molecule has 0 aliphatic carbocycles. The van der Waals surface area contributed by atoms with Crippen LogP contribution in [0.3, 0.4) is 0 Å². The fourth-order valence-corrected chi connectivity index (χ4v) is 2.14. The van der Waals surface area contributed by atoms with Crippen LogP contribution in [-0.4, -0.2) is 26.5 Å². The number of hydrogen-bond donors (Lipinski definition) is 2. The van der Waals surface area contributed by atoms with E-state index in [0.717, 1.165) is 17.2 Å². The number of hydrazine groups is 1. The van der Waals surface area contributed by atoms with Gasteiger partial charge in [-0.2, -0.15) is 11.8 Å². The van der Waals surface area contributed by atoms with E-state index >= 15 is 0 Å². The first-order valence-corrected chi connectivity index (χ1v) is 5.83. The Kier molecular flexibility index (Phi) is 4.92. The highest BCUT2D eigenvalue weighted by atomic mass is 32.2. The summed E-state index contributed by atoms with van der Waals surface area (Å²) >= 11 is 1.88. The van der Waals surface area contributed by atoms with Crippen LogP contribution < -0.4 is 11.3 Å². The molecule has 0 aliphatic heterocycles. The molecule has 0 amide bonds. The molecule has 0 saturated heterocycles. The fraction of sp³-hybridized carbons (Fsp3) is 0.750. The highest BCUT2D eigenvalue weighted by Crippen LogP contribution is 2.16. The maximum atomic E-state index is 5.48. The summed E-state index contributed by atoms with van der Waals surface area (Å²) in [6.45, 7) is 2.17.